The van der Waals surface area contributed by atoms with Gasteiger partial charge in [0.25, 0.3) is 0 Å². The molecule has 0 atom stereocenters. The molecule has 0 saturated carbocycles. The molecule has 0 N–H and O–H groups in total. The molecule has 1 aromatic heterocycles. The van der Waals surface area contributed by atoms with Crippen LogP contribution in [0.3, 0.4) is 0 Å². The quantitative estimate of drug-likeness (QED) is 0.791. The number of hydrogen-bond donors (Lipinski definition) is 0. The topological polar surface area (TPSA) is 68.7 Å². The number of likely N-dealkylation sites (tertiary alicyclic amines) is 1. The highest BCUT2D eigenvalue weighted by Gasteiger charge is 2.44. The van der Waals surface area contributed by atoms with E-state index in [2.05, 4.69) is 4.98 Å². The van der Waals surface area contributed by atoms with Crippen LogP contribution >= 0.6 is 0 Å². The largest absolute Gasteiger partial charge is 0.470 e. The normalized spacial score (nSPS) is 19.9. The Kier molecular flexibility index (Phi) is 3.53. The number of pyridine rings is 1. The molecule has 0 aromatic carbocycles. The Hall–Kier alpha value is -2.11. The van der Waals surface area contributed by atoms with E-state index >= 15 is 0 Å². The number of hydrogen-bond acceptors (Lipinski definition) is 5. The summed E-state index contributed by atoms with van der Waals surface area (Å²) in [5.74, 6) is 0.479. The van der Waals surface area contributed by atoms with Gasteiger partial charge in [-0.2, -0.15) is 0 Å². The molecule has 1 spiro atoms. The van der Waals surface area contributed by atoms with Gasteiger partial charge in [-0.1, -0.05) is 0 Å². The molecule has 6 heteroatoms. The van der Waals surface area contributed by atoms with E-state index in [1.165, 1.54) is 0 Å². The summed E-state index contributed by atoms with van der Waals surface area (Å²) >= 11 is 0. The number of ketones is 1. The van der Waals surface area contributed by atoms with Crippen LogP contribution in [0.5, 0.6) is 5.88 Å². The van der Waals surface area contributed by atoms with Crippen LogP contribution in [0.25, 0.3) is 0 Å². The number of nitrogens with zero attached hydrogens (tertiary/aromatic N) is 2. The second-order valence-corrected chi connectivity index (χ2v) is 5.43. The van der Waals surface area contributed by atoms with Gasteiger partial charge in [0.1, 0.15) is 5.60 Å². The smallest absolute Gasteiger partial charge is 0.409 e. The van der Waals surface area contributed by atoms with Crippen molar-refractivity contribution in [2.75, 3.05) is 19.7 Å². The Bertz CT molecular complexity index is 565. The molecule has 0 bridgehead atoms. The maximum Gasteiger partial charge on any atom is 0.409 e. The molecule has 21 heavy (non-hydrogen) atoms. The van der Waals surface area contributed by atoms with Crippen molar-refractivity contribution in [3.05, 3.63) is 23.9 Å². The first-order valence-corrected chi connectivity index (χ1v) is 7.22. The Morgan fingerprint density at radius 3 is 2.95 bits per heavy atom. The summed E-state index contributed by atoms with van der Waals surface area (Å²) in [6, 6.07) is 3.48. The Balaban J connectivity index is 1.72. The van der Waals surface area contributed by atoms with Crippen molar-refractivity contribution in [2.24, 2.45) is 0 Å². The predicted molar refractivity (Wildman–Crippen MR) is 74.4 cm³/mol. The molecular weight excluding hydrogens is 272 g/mol. The van der Waals surface area contributed by atoms with E-state index < -0.39 is 5.60 Å². The zero-order chi connectivity index (χ0) is 14.9. The third-order valence-corrected chi connectivity index (χ3v) is 4.07. The highest BCUT2D eigenvalue weighted by atomic mass is 16.6. The van der Waals surface area contributed by atoms with Crippen LogP contribution in [0.15, 0.2) is 18.3 Å². The van der Waals surface area contributed by atoms with E-state index in [1.807, 2.05) is 0 Å². The SMILES string of the molecule is CCOC(=O)N1CCC2(CC1)CC(=O)c1cccnc1O2. The molecule has 2 aliphatic heterocycles. The van der Waals surface area contributed by atoms with Crippen molar-refractivity contribution < 1.29 is 19.1 Å². The molecule has 0 radical (unpaired) electrons. The molecule has 1 amide bonds. The highest BCUT2D eigenvalue weighted by Crippen LogP contribution is 2.38. The number of piperidine rings is 1. The lowest BCUT2D eigenvalue weighted by molar-refractivity contribution is -0.0116. The summed E-state index contributed by atoms with van der Waals surface area (Å²) < 4.78 is 11.0. The van der Waals surface area contributed by atoms with E-state index in [0.717, 1.165) is 0 Å². The van der Waals surface area contributed by atoms with Crippen LogP contribution in [0.2, 0.25) is 0 Å². The Morgan fingerprint density at radius 2 is 2.24 bits per heavy atom. The van der Waals surface area contributed by atoms with Crippen LogP contribution in [-0.2, 0) is 4.74 Å². The van der Waals surface area contributed by atoms with Crippen molar-refractivity contribution >= 4 is 11.9 Å². The molecule has 3 heterocycles. The molecule has 2 aliphatic rings. The van der Waals surface area contributed by atoms with Crippen LogP contribution in [0.4, 0.5) is 4.79 Å². The molecule has 0 aliphatic carbocycles. The van der Waals surface area contributed by atoms with Gasteiger partial charge >= 0.3 is 6.09 Å². The van der Waals surface area contributed by atoms with Crippen LogP contribution in [0.1, 0.15) is 36.5 Å². The lowest BCUT2D eigenvalue weighted by atomic mass is 9.83. The third kappa shape index (κ3) is 2.57. The van der Waals surface area contributed by atoms with Gasteiger partial charge in [0.05, 0.1) is 18.6 Å². The van der Waals surface area contributed by atoms with Gasteiger partial charge in [0.15, 0.2) is 5.78 Å². The number of aromatic nitrogens is 1. The lowest BCUT2D eigenvalue weighted by Gasteiger charge is -2.42. The van der Waals surface area contributed by atoms with E-state index in [1.54, 1.807) is 30.2 Å². The van der Waals surface area contributed by atoms with Crippen molar-refractivity contribution in [1.29, 1.82) is 0 Å². The van der Waals surface area contributed by atoms with E-state index in [9.17, 15) is 9.59 Å². The Morgan fingerprint density at radius 1 is 1.48 bits per heavy atom. The first-order valence-electron chi connectivity index (χ1n) is 7.22. The van der Waals surface area contributed by atoms with Gasteiger partial charge in [0.2, 0.25) is 5.88 Å². The molecule has 0 unspecified atom stereocenters. The van der Waals surface area contributed by atoms with E-state index in [0.29, 0.717) is 50.4 Å². The number of amides is 1. The van der Waals surface area contributed by atoms with Gasteiger partial charge in [-0.3, -0.25) is 4.79 Å². The second-order valence-electron chi connectivity index (χ2n) is 5.43. The standard InChI is InChI=1S/C15H18N2O4/c1-2-20-14(19)17-8-5-15(6-9-17)10-12(18)11-4-3-7-16-13(11)21-15/h3-4,7H,2,5-6,8-10H2,1H3. The number of rotatable bonds is 1. The number of ether oxygens (including phenoxy) is 2. The fourth-order valence-corrected chi connectivity index (χ4v) is 2.90. The zero-order valence-electron chi connectivity index (χ0n) is 12.0. The lowest BCUT2D eigenvalue weighted by Crippen LogP contribution is -2.52. The number of carbonyl (C=O) groups is 2. The van der Waals surface area contributed by atoms with Gasteiger partial charge in [-0.05, 0) is 19.1 Å². The number of fused-ring (bicyclic) bond motifs is 1. The number of carbonyl (C=O) groups excluding carboxylic acids is 2. The second kappa shape index (κ2) is 5.35. The monoisotopic (exact) mass is 290 g/mol. The summed E-state index contributed by atoms with van der Waals surface area (Å²) in [6.45, 7) is 3.23. The van der Waals surface area contributed by atoms with Gasteiger partial charge < -0.3 is 14.4 Å². The average molecular weight is 290 g/mol. The minimum atomic E-state index is -0.526. The van der Waals surface area contributed by atoms with E-state index in [4.69, 9.17) is 9.47 Å². The average Bonchev–Trinajstić information content (AvgIpc) is 2.48. The van der Waals surface area contributed by atoms with E-state index in [-0.39, 0.29) is 11.9 Å². The van der Waals surface area contributed by atoms with Gasteiger partial charge in [-0.25, -0.2) is 9.78 Å². The highest BCUT2D eigenvalue weighted by molar-refractivity contribution is 5.99. The van der Waals surface area contributed by atoms with Crippen molar-refractivity contribution in [1.82, 2.24) is 9.88 Å². The summed E-state index contributed by atoms with van der Waals surface area (Å²) in [5, 5.41) is 0. The predicted octanol–water partition coefficient (Wildman–Crippen LogP) is 2.04. The molecule has 6 nitrogen and oxygen atoms in total. The molecule has 1 saturated heterocycles. The van der Waals surface area contributed by atoms with Crippen molar-refractivity contribution in [3.63, 3.8) is 0 Å². The Labute approximate surface area is 123 Å². The first-order chi connectivity index (χ1) is 10.1. The molecule has 1 fully saturated rings. The summed E-state index contributed by atoms with van der Waals surface area (Å²) in [6.07, 6.45) is 2.91. The van der Waals surface area contributed by atoms with Gasteiger partial charge in [0, 0.05) is 32.1 Å². The molecule has 1 aromatic rings. The fourth-order valence-electron chi connectivity index (χ4n) is 2.90. The number of Topliss-reactive ketones (excluding diaryl/α,β-unsaturated/α-hetero) is 1. The van der Waals surface area contributed by atoms with Gasteiger partial charge in [-0.15, -0.1) is 0 Å². The minimum Gasteiger partial charge on any atom is -0.470 e. The maximum absolute atomic E-state index is 12.3. The van der Waals surface area contributed by atoms with Crippen LogP contribution in [-0.4, -0.2) is 47.1 Å². The molecule has 112 valence electrons. The summed E-state index contributed by atoms with van der Waals surface area (Å²) in [7, 11) is 0. The molecule has 3 rings (SSSR count). The first kappa shape index (κ1) is 13.9. The van der Waals surface area contributed by atoms with Crippen molar-refractivity contribution in [2.45, 2.75) is 31.8 Å². The zero-order valence-corrected chi connectivity index (χ0v) is 12.0. The fraction of sp³-hybridized carbons (Fsp3) is 0.533. The van der Waals surface area contributed by atoms with Crippen LogP contribution in [0, 0.1) is 0 Å². The molecular formula is C15H18N2O4. The van der Waals surface area contributed by atoms with Crippen molar-refractivity contribution in [3.8, 4) is 5.88 Å². The summed E-state index contributed by atoms with van der Waals surface area (Å²) in [5.41, 5.74) is 0.0254. The summed E-state index contributed by atoms with van der Waals surface area (Å²) in [4.78, 5) is 29.8. The third-order valence-electron chi connectivity index (χ3n) is 4.07. The minimum absolute atomic E-state index is 0.0638. The van der Waals surface area contributed by atoms with Crippen LogP contribution < -0.4 is 4.74 Å². The maximum atomic E-state index is 12.3.